The van der Waals surface area contributed by atoms with Crippen molar-refractivity contribution in [1.29, 1.82) is 0 Å². The Balaban J connectivity index is 1.33. The van der Waals surface area contributed by atoms with Crippen LogP contribution in [-0.4, -0.2) is 275 Å². The number of hydrogen-bond donors (Lipinski definition) is 17. The molecule has 5 rings (SSSR count). The van der Waals surface area contributed by atoms with Gasteiger partial charge in [0.1, 0.15) is 122 Å². The van der Waals surface area contributed by atoms with Crippen LogP contribution in [0.4, 0.5) is 0 Å². The monoisotopic (exact) mass is 910 g/mol. The van der Waals surface area contributed by atoms with Crippen LogP contribution in [0.3, 0.4) is 0 Å². The third-order valence-corrected chi connectivity index (χ3v) is 11.1. The molecule has 5 aliphatic rings. The van der Waals surface area contributed by atoms with E-state index in [2.05, 4.69) is 10.6 Å². The van der Waals surface area contributed by atoms with Crippen LogP contribution in [0.5, 0.6) is 0 Å². The molecule has 0 aromatic carbocycles. The van der Waals surface area contributed by atoms with Gasteiger partial charge in [0.05, 0.1) is 33.0 Å². The van der Waals surface area contributed by atoms with Gasteiger partial charge in [-0.25, -0.2) is 0 Å². The fourth-order valence-electron chi connectivity index (χ4n) is 7.84. The van der Waals surface area contributed by atoms with E-state index in [-0.39, 0.29) is 0 Å². The Bertz CT molecular complexity index is 1440. The molecule has 0 aromatic heterocycles. The van der Waals surface area contributed by atoms with E-state index in [0.29, 0.717) is 0 Å². The maximum absolute atomic E-state index is 12.5. The number of hydrogen-bond acceptors (Lipinski definition) is 26. The molecule has 5 saturated heterocycles. The molecule has 5 heterocycles. The summed E-state index contributed by atoms with van der Waals surface area (Å²) in [5.41, 5.74) is 0. The minimum atomic E-state index is -2.15. The lowest BCUT2D eigenvalue weighted by Gasteiger charge is -2.50. The lowest BCUT2D eigenvalue weighted by Crippen LogP contribution is -2.71. The largest absolute Gasteiger partial charge is 0.394 e. The normalized spacial score (nSPS) is 49.0. The van der Waals surface area contributed by atoms with Crippen LogP contribution in [0.2, 0.25) is 0 Å². The molecule has 1 unspecified atom stereocenters. The predicted octanol–water partition coefficient (Wildman–Crippen LogP) is -11.6. The molecular formula is C34H58N2O26. The van der Waals surface area contributed by atoms with Crippen molar-refractivity contribution < 1.29 is 129 Å². The quantitative estimate of drug-likeness (QED) is 0.0725. The molecule has 28 heteroatoms. The molecule has 360 valence electrons. The van der Waals surface area contributed by atoms with Gasteiger partial charge in [-0.3, -0.25) is 9.59 Å². The average molecular weight is 911 g/mol. The number of carbonyl (C=O) groups excluding carboxylic acids is 2. The lowest BCUT2D eigenvalue weighted by molar-refractivity contribution is -0.386. The number of ether oxygens (including phenoxy) is 9. The molecule has 0 spiro atoms. The summed E-state index contributed by atoms with van der Waals surface area (Å²) in [5.74, 6) is -1.51. The van der Waals surface area contributed by atoms with E-state index < -0.39 is 198 Å². The third-order valence-electron chi connectivity index (χ3n) is 11.1. The van der Waals surface area contributed by atoms with Crippen molar-refractivity contribution in [3.8, 4) is 0 Å². The van der Waals surface area contributed by atoms with E-state index >= 15 is 0 Å². The second kappa shape index (κ2) is 22.0. The van der Waals surface area contributed by atoms with E-state index in [1.54, 1.807) is 0 Å². The van der Waals surface area contributed by atoms with Gasteiger partial charge in [0.2, 0.25) is 11.8 Å². The van der Waals surface area contributed by atoms with Crippen molar-refractivity contribution >= 4 is 11.8 Å². The highest BCUT2D eigenvalue weighted by molar-refractivity contribution is 5.73. The summed E-state index contributed by atoms with van der Waals surface area (Å²) in [6.45, 7) is -2.47. The van der Waals surface area contributed by atoms with Crippen molar-refractivity contribution in [3.63, 3.8) is 0 Å². The number of carbonyl (C=O) groups is 2. The predicted molar refractivity (Wildman–Crippen MR) is 190 cm³/mol. The highest BCUT2D eigenvalue weighted by atomic mass is 16.8. The van der Waals surface area contributed by atoms with Crippen molar-refractivity contribution in [2.45, 2.75) is 167 Å². The van der Waals surface area contributed by atoms with Crippen LogP contribution >= 0.6 is 0 Å². The summed E-state index contributed by atoms with van der Waals surface area (Å²) in [6, 6.07) is -3.18. The topological polar surface area (TPSA) is 445 Å². The Morgan fingerprint density at radius 2 is 0.726 bits per heavy atom. The summed E-state index contributed by atoms with van der Waals surface area (Å²) in [7, 11) is 0. The molecule has 17 N–H and O–H groups in total. The van der Waals surface area contributed by atoms with Gasteiger partial charge in [-0.1, -0.05) is 0 Å². The Kier molecular flexibility index (Phi) is 18.1. The molecule has 28 nitrogen and oxygen atoms in total. The number of nitrogens with one attached hydrogen (secondary N) is 2. The first-order valence-corrected chi connectivity index (χ1v) is 19.6. The van der Waals surface area contributed by atoms with Crippen LogP contribution in [-0.2, 0) is 52.2 Å². The van der Waals surface area contributed by atoms with Gasteiger partial charge in [-0.2, -0.15) is 0 Å². The zero-order chi connectivity index (χ0) is 45.9. The number of rotatable bonds is 15. The van der Waals surface area contributed by atoms with Crippen LogP contribution in [0.25, 0.3) is 0 Å². The van der Waals surface area contributed by atoms with Gasteiger partial charge in [0.25, 0.3) is 0 Å². The maximum atomic E-state index is 12.5. The van der Waals surface area contributed by atoms with Gasteiger partial charge in [-0.05, 0) is 0 Å². The van der Waals surface area contributed by atoms with E-state index in [4.69, 9.17) is 42.6 Å². The molecule has 5 aliphatic heterocycles. The van der Waals surface area contributed by atoms with Gasteiger partial charge in [0, 0.05) is 13.8 Å². The standard InChI is InChI=1S/C34H58N2O26/c1-8(42)35-15-19(46)17(44)10(3-37)55-31(15)62-29-16(36-9(2)43)32(56-11(4-38)18(29)45)59-27-13(6-40)57-34(24(51)21(27)48)61-28-14(7-41)58-33(25(52)22(28)49)60-26-12(5-39)54-30(53)23(50)20(26)47/h10-34,37-41,44-53H,3-7H2,1-2H3,(H,35,42)(H,36,43)/t10-,11-,12-,13-,14-,15-,16-,17+,18+,19-,20-,21-,22-,23-,24-,25-,26-,27+,28+,29-,30?,31+,32+,33+,34-/m1/s1. The Morgan fingerprint density at radius 1 is 0.387 bits per heavy atom. The van der Waals surface area contributed by atoms with E-state index in [0.717, 1.165) is 13.8 Å². The van der Waals surface area contributed by atoms with Gasteiger partial charge >= 0.3 is 0 Å². The van der Waals surface area contributed by atoms with Crippen LogP contribution < -0.4 is 10.6 Å². The molecule has 25 atom stereocenters. The Hall–Kier alpha value is -2.02. The fourth-order valence-corrected chi connectivity index (χ4v) is 7.84. The molecule has 0 radical (unpaired) electrons. The van der Waals surface area contributed by atoms with Crippen molar-refractivity contribution in [2.75, 3.05) is 33.0 Å². The molecular weight excluding hydrogens is 852 g/mol. The fraction of sp³-hybridized carbons (Fsp3) is 0.941. The summed E-state index contributed by atoms with van der Waals surface area (Å²) >= 11 is 0. The smallest absolute Gasteiger partial charge is 0.217 e. The van der Waals surface area contributed by atoms with Gasteiger partial charge in [-0.15, -0.1) is 0 Å². The third kappa shape index (κ3) is 10.8. The minimum Gasteiger partial charge on any atom is -0.394 e. The molecule has 2 amide bonds. The minimum absolute atomic E-state index is 0.721. The molecule has 0 aliphatic carbocycles. The van der Waals surface area contributed by atoms with E-state index in [1.165, 1.54) is 0 Å². The number of amides is 2. The molecule has 62 heavy (non-hydrogen) atoms. The van der Waals surface area contributed by atoms with E-state index in [1.807, 2.05) is 0 Å². The first-order chi connectivity index (χ1) is 29.3. The van der Waals surface area contributed by atoms with E-state index in [9.17, 15) is 86.2 Å². The Morgan fingerprint density at radius 3 is 1.16 bits per heavy atom. The molecule has 0 bridgehead atoms. The second-order valence-corrected chi connectivity index (χ2v) is 15.4. The lowest BCUT2D eigenvalue weighted by atomic mass is 9.93. The average Bonchev–Trinajstić information content (AvgIpc) is 3.24. The van der Waals surface area contributed by atoms with Crippen LogP contribution in [0.1, 0.15) is 13.8 Å². The number of aliphatic hydroxyl groups excluding tert-OH is 15. The molecule has 0 aromatic rings. The second-order valence-electron chi connectivity index (χ2n) is 15.4. The van der Waals surface area contributed by atoms with Crippen molar-refractivity contribution in [1.82, 2.24) is 10.6 Å². The van der Waals surface area contributed by atoms with Crippen molar-refractivity contribution in [2.24, 2.45) is 0 Å². The molecule has 0 saturated carbocycles. The maximum Gasteiger partial charge on any atom is 0.217 e. The highest BCUT2D eigenvalue weighted by Crippen LogP contribution is 2.35. The van der Waals surface area contributed by atoms with Crippen LogP contribution in [0, 0.1) is 0 Å². The first-order valence-electron chi connectivity index (χ1n) is 19.6. The van der Waals surface area contributed by atoms with Gasteiger partial charge < -0.3 is 130 Å². The van der Waals surface area contributed by atoms with Crippen molar-refractivity contribution in [3.05, 3.63) is 0 Å². The zero-order valence-electron chi connectivity index (χ0n) is 33.2. The molecule has 5 fully saturated rings. The SMILES string of the molecule is CC(=O)N[C@H]1[C@H](O[C@H]2[C@@H](O)[C@@H](CO)O[C@@H](O[C@@H]3[C@H](O)[C@@H](O)[C@@H](O[C@@H]4[C@H](O)[C@@H](O)[C@H](O[C@H]5[C@H](O)[C@@H](O)C(O)O[C@@H]5CO)O[C@@H]4CO)O[C@@H]3CO)[C@@H]2NC(C)=O)O[C@H](CO)[C@H](O)[C@@H]1O. The van der Waals surface area contributed by atoms with Crippen LogP contribution in [0.15, 0.2) is 0 Å². The first kappa shape index (κ1) is 51.0. The summed E-state index contributed by atoms with van der Waals surface area (Å²) in [6.07, 6.45) is -41.9. The summed E-state index contributed by atoms with van der Waals surface area (Å²) < 4.78 is 50.8. The number of aliphatic hydroxyl groups is 15. The highest BCUT2D eigenvalue weighted by Gasteiger charge is 2.57. The summed E-state index contributed by atoms with van der Waals surface area (Å²) in [4.78, 5) is 24.5. The summed E-state index contributed by atoms with van der Waals surface area (Å²) in [5, 5.41) is 162. The zero-order valence-corrected chi connectivity index (χ0v) is 33.2. The van der Waals surface area contributed by atoms with Gasteiger partial charge in [0.15, 0.2) is 31.5 Å². The Labute approximate surface area is 351 Å².